The van der Waals surface area contributed by atoms with E-state index in [-0.39, 0.29) is 29.5 Å². The number of alkyl halides is 2. The van der Waals surface area contributed by atoms with Crippen LogP contribution < -0.4 is 20.1 Å². The molecule has 0 saturated carbocycles. The predicted molar refractivity (Wildman–Crippen MR) is 79.3 cm³/mol. The van der Waals surface area contributed by atoms with Crippen LogP contribution in [0.3, 0.4) is 0 Å². The van der Waals surface area contributed by atoms with Crippen LogP contribution in [0.4, 0.5) is 14.5 Å². The Labute approximate surface area is 135 Å². The van der Waals surface area contributed by atoms with Gasteiger partial charge in [-0.2, -0.15) is 8.78 Å². The number of benzene rings is 1. The highest BCUT2D eigenvalue weighted by molar-refractivity contribution is 5.98. The third-order valence-corrected chi connectivity index (χ3v) is 2.82. The van der Waals surface area contributed by atoms with E-state index in [1.165, 1.54) is 43.7 Å². The number of hydrogen-bond donors (Lipinski definition) is 2. The Morgan fingerprint density at radius 1 is 1.25 bits per heavy atom. The molecular formula is C15H14F2N2O5. The zero-order valence-electron chi connectivity index (χ0n) is 12.5. The van der Waals surface area contributed by atoms with E-state index in [0.29, 0.717) is 0 Å². The topological polar surface area (TPSA) is 89.8 Å². The lowest BCUT2D eigenvalue weighted by Crippen LogP contribution is -2.32. The van der Waals surface area contributed by atoms with Crippen LogP contribution in [0, 0.1) is 0 Å². The van der Waals surface area contributed by atoms with E-state index in [4.69, 9.17) is 9.15 Å². The van der Waals surface area contributed by atoms with Crippen molar-refractivity contribution in [3.05, 3.63) is 42.4 Å². The van der Waals surface area contributed by atoms with Gasteiger partial charge in [0, 0.05) is 11.8 Å². The summed E-state index contributed by atoms with van der Waals surface area (Å²) in [6, 6.07) is 7.00. The summed E-state index contributed by atoms with van der Waals surface area (Å²) in [5.74, 6) is -1.15. The summed E-state index contributed by atoms with van der Waals surface area (Å²) in [4.78, 5) is 23.4. The van der Waals surface area contributed by atoms with E-state index in [2.05, 4.69) is 15.4 Å². The van der Waals surface area contributed by atoms with E-state index in [1.807, 2.05) is 0 Å². The molecule has 0 radical (unpaired) electrons. The van der Waals surface area contributed by atoms with Crippen LogP contribution in [0.15, 0.2) is 41.0 Å². The molecule has 2 amide bonds. The van der Waals surface area contributed by atoms with Gasteiger partial charge in [-0.05, 0) is 24.3 Å². The smallest absolute Gasteiger partial charge is 0.387 e. The van der Waals surface area contributed by atoms with Crippen molar-refractivity contribution in [3.8, 4) is 11.5 Å². The molecule has 0 unspecified atom stereocenters. The molecule has 0 spiro atoms. The van der Waals surface area contributed by atoms with Crippen LogP contribution in [0.1, 0.15) is 10.6 Å². The second kappa shape index (κ2) is 7.95. The molecule has 0 fully saturated rings. The van der Waals surface area contributed by atoms with Gasteiger partial charge in [0.2, 0.25) is 5.91 Å². The molecule has 2 N–H and O–H groups in total. The highest BCUT2D eigenvalue weighted by Gasteiger charge is 2.13. The fourth-order valence-corrected chi connectivity index (χ4v) is 1.80. The van der Waals surface area contributed by atoms with Gasteiger partial charge in [0.1, 0.15) is 0 Å². The third kappa shape index (κ3) is 4.70. The Hall–Kier alpha value is -3.10. The van der Waals surface area contributed by atoms with E-state index in [9.17, 15) is 18.4 Å². The van der Waals surface area contributed by atoms with Crippen molar-refractivity contribution in [1.82, 2.24) is 5.32 Å². The maximum absolute atomic E-state index is 12.4. The van der Waals surface area contributed by atoms with E-state index in [1.54, 1.807) is 0 Å². The molecule has 24 heavy (non-hydrogen) atoms. The number of amides is 2. The predicted octanol–water partition coefficient (Wildman–Crippen LogP) is 2.26. The van der Waals surface area contributed by atoms with Crippen LogP contribution >= 0.6 is 0 Å². The van der Waals surface area contributed by atoms with Crippen molar-refractivity contribution in [2.24, 2.45) is 0 Å². The highest BCUT2D eigenvalue weighted by Crippen LogP contribution is 2.31. The number of rotatable bonds is 7. The average Bonchev–Trinajstić information content (AvgIpc) is 3.07. The minimum atomic E-state index is -3.03. The van der Waals surface area contributed by atoms with Crippen LogP contribution in [0.2, 0.25) is 0 Å². The van der Waals surface area contributed by atoms with Gasteiger partial charge in [-0.25, -0.2) is 0 Å². The average molecular weight is 340 g/mol. The Morgan fingerprint density at radius 2 is 2.04 bits per heavy atom. The summed E-state index contributed by atoms with van der Waals surface area (Å²) in [7, 11) is 1.30. The normalized spacial score (nSPS) is 10.3. The molecule has 7 nitrogen and oxygen atoms in total. The first-order chi connectivity index (χ1) is 11.5. The largest absolute Gasteiger partial charge is 0.493 e. The SMILES string of the molecule is COc1ccc(NC(=O)CNC(=O)c2ccco2)cc1OC(F)F. The quantitative estimate of drug-likeness (QED) is 0.807. The summed E-state index contributed by atoms with van der Waals surface area (Å²) in [6.45, 7) is -3.35. The Morgan fingerprint density at radius 3 is 2.67 bits per heavy atom. The minimum absolute atomic E-state index is 0.0693. The fraction of sp³-hybridized carbons (Fsp3) is 0.200. The minimum Gasteiger partial charge on any atom is -0.493 e. The number of halogens is 2. The van der Waals surface area contributed by atoms with Crippen LogP contribution in [0.25, 0.3) is 0 Å². The number of hydrogen-bond acceptors (Lipinski definition) is 5. The molecule has 0 aliphatic carbocycles. The first-order valence-corrected chi connectivity index (χ1v) is 6.74. The van der Waals surface area contributed by atoms with E-state index in [0.717, 1.165) is 0 Å². The van der Waals surface area contributed by atoms with Crippen molar-refractivity contribution in [2.45, 2.75) is 6.61 Å². The number of carbonyl (C=O) groups is 2. The first kappa shape index (κ1) is 17.3. The molecule has 128 valence electrons. The van der Waals surface area contributed by atoms with Crippen molar-refractivity contribution in [3.63, 3.8) is 0 Å². The number of ether oxygens (including phenoxy) is 2. The van der Waals surface area contributed by atoms with Crippen LogP contribution in [-0.2, 0) is 4.79 Å². The molecule has 9 heteroatoms. The molecule has 2 rings (SSSR count). The fourth-order valence-electron chi connectivity index (χ4n) is 1.80. The lowest BCUT2D eigenvalue weighted by Gasteiger charge is -2.12. The molecule has 0 atom stereocenters. The summed E-state index contributed by atoms with van der Waals surface area (Å²) < 4.78 is 38.8. The molecule has 1 aromatic heterocycles. The Kier molecular flexibility index (Phi) is 5.72. The standard InChI is InChI=1S/C15H14F2N2O5/c1-22-10-5-4-9(7-12(10)24-15(16)17)19-13(20)8-18-14(21)11-3-2-6-23-11/h2-7,15H,8H2,1H3,(H,18,21)(H,19,20). The van der Waals surface area contributed by atoms with Gasteiger partial charge in [-0.1, -0.05) is 0 Å². The summed E-state index contributed by atoms with van der Waals surface area (Å²) in [5, 5.41) is 4.80. The van der Waals surface area contributed by atoms with Gasteiger partial charge in [0.05, 0.1) is 19.9 Å². The lowest BCUT2D eigenvalue weighted by atomic mass is 10.2. The Balaban J connectivity index is 1.94. The number of anilines is 1. The molecule has 0 aliphatic heterocycles. The van der Waals surface area contributed by atoms with Crippen LogP contribution in [0.5, 0.6) is 11.5 Å². The number of nitrogens with one attached hydrogen (secondary N) is 2. The first-order valence-electron chi connectivity index (χ1n) is 6.74. The number of carbonyl (C=O) groups excluding carboxylic acids is 2. The molecule has 0 bridgehead atoms. The molecular weight excluding hydrogens is 326 g/mol. The van der Waals surface area contributed by atoms with E-state index < -0.39 is 18.4 Å². The van der Waals surface area contributed by atoms with Gasteiger partial charge >= 0.3 is 6.61 Å². The van der Waals surface area contributed by atoms with Crippen LogP contribution in [-0.4, -0.2) is 32.1 Å². The number of furan rings is 1. The van der Waals surface area contributed by atoms with E-state index >= 15 is 0 Å². The van der Waals surface area contributed by atoms with Crippen molar-refractivity contribution in [1.29, 1.82) is 0 Å². The highest BCUT2D eigenvalue weighted by atomic mass is 19.3. The van der Waals surface area contributed by atoms with Gasteiger partial charge in [0.25, 0.3) is 5.91 Å². The van der Waals surface area contributed by atoms with Gasteiger partial charge in [-0.15, -0.1) is 0 Å². The molecule has 0 aliphatic rings. The van der Waals surface area contributed by atoms with Crippen molar-refractivity contribution in [2.75, 3.05) is 19.0 Å². The number of methoxy groups -OCH3 is 1. The van der Waals surface area contributed by atoms with Gasteiger partial charge in [-0.3, -0.25) is 9.59 Å². The molecule has 1 aromatic carbocycles. The zero-order chi connectivity index (χ0) is 17.5. The lowest BCUT2D eigenvalue weighted by molar-refractivity contribution is -0.115. The second-order valence-corrected chi connectivity index (χ2v) is 4.45. The third-order valence-electron chi connectivity index (χ3n) is 2.82. The van der Waals surface area contributed by atoms with Crippen molar-refractivity contribution < 1.29 is 32.3 Å². The maximum atomic E-state index is 12.4. The molecule has 0 saturated heterocycles. The zero-order valence-corrected chi connectivity index (χ0v) is 12.5. The summed E-state index contributed by atoms with van der Waals surface area (Å²) >= 11 is 0. The second-order valence-electron chi connectivity index (χ2n) is 4.45. The maximum Gasteiger partial charge on any atom is 0.387 e. The summed E-state index contributed by atoms with van der Waals surface area (Å²) in [5.41, 5.74) is 0.212. The summed E-state index contributed by atoms with van der Waals surface area (Å²) in [6.07, 6.45) is 1.33. The monoisotopic (exact) mass is 340 g/mol. The Bertz CT molecular complexity index is 704. The van der Waals surface area contributed by atoms with Gasteiger partial charge < -0.3 is 24.5 Å². The molecule has 2 aromatic rings. The van der Waals surface area contributed by atoms with Gasteiger partial charge in [0.15, 0.2) is 17.3 Å². The van der Waals surface area contributed by atoms with Crippen molar-refractivity contribution >= 4 is 17.5 Å². The molecule has 1 heterocycles.